The van der Waals surface area contributed by atoms with E-state index in [1.165, 1.54) is 0 Å². The second-order valence-electron chi connectivity index (χ2n) is 20.1. The molecule has 0 saturated carbocycles. The highest BCUT2D eigenvalue weighted by Gasteiger charge is 2.50. The Kier molecular flexibility index (Phi) is 18.2. The number of benzene rings is 9. The lowest BCUT2D eigenvalue weighted by Gasteiger charge is -2.47. The Morgan fingerprint density at radius 1 is 0.375 bits per heavy atom. The predicted octanol–water partition coefficient (Wildman–Crippen LogP) is 14.6. The minimum absolute atomic E-state index is 0.268. The topological polar surface area (TPSA) is 92.3 Å². The van der Waals surface area contributed by atoms with Gasteiger partial charge in [-0.3, -0.25) is 0 Å². The van der Waals surface area contributed by atoms with Crippen molar-refractivity contribution < 1.29 is 47.4 Å². The SMILES string of the molecule is C[C@@H]1O[C@@H](O[C@H]2Cc3cc(OCc4ccccc4)cc(OCc4ccccc4)c3O[C@@H]2c2ccc(OCc3ccccc3)c(OCc3ccccc3)c2)[C@H](OCc2ccccc2)[C@H](OCc2ccccc2)[C@H]1OCc1ccccc1. The summed E-state index contributed by atoms with van der Waals surface area (Å²) in [5.41, 5.74) is 8.77. The Balaban J connectivity index is 0.986. The first-order valence-corrected chi connectivity index (χ1v) is 27.5. The van der Waals surface area contributed by atoms with E-state index in [1.54, 1.807) is 0 Å². The molecule has 0 N–H and O–H groups in total. The molecular formula is C70H66O10. The van der Waals surface area contributed by atoms with Gasteiger partial charge in [-0.1, -0.05) is 218 Å². The monoisotopic (exact) mass is 1070 g/mol. The molecule has 1 saturated heterocycles. The maximum absolute atomic E-state index is 7.50. The van der Waals surface area contributed by atoms with Crippen molar-refractivity contribution in [3.8, 4) is 28.7 Å². The fourth-order valence-corrected chi connectivity index (χ4v) is 10.1. The molecule has 0 aliphatic carbocycles. The lowest BCUT2D eigenvalue weighted by molar-refractivity contribution is -0.333. The van der Waals surface area contributed by atoms with E-state index in [0.29, 0.717) is 74.8 Å². The summed E-state index contributed by atoms with van der Waals surface area (Å²) in [5, 5.41) is 0. The lowest BCUT2D eigenvalue weighted by atomic mass is 9.93. The number of fused-ring (bicyclic) bond motifs is 1. The second-order valence-corrected chi connectivity index (χ2v) is 20.1. The van der Waals surface area contributed by atoms with Crippen LogP contribution in [0.3, 0.4) is 0 Å². The van der Waals surface area contributed by atoms with E-state index in [2.05, 4.69) is 24.3 Å². The van der Waals surface area contributed by atoms with Gasteiger partial charge in [0.15, 0.2) is 35.4 Å². The van der Waals surface area contributed by atoms with Crippen molar-refractivity contribution in [1.82, 2.24) is 0 Å². The third-order valence-electron chi connectivity index (χ3n) is 14.3. The zero-order valence-corrected chi connectivity index (χ0v) is 44.9. The summed E-state index contributed by atoms with van der Waals surface area (Å²) in [7, 11) is 0. The van der Waals surface area contributed by atoms with Crippen LogP contribution in [0.25, 0.3) is 0 Å². The minimum Gasteiger partial charge on any atom is -0.489 e. The van der Waals surface area contributed by atoms with Crippen LogP contribution in [0.2, 0.25) is 0 Å². The van der Waals surface area contributed by atoms with Gasteiger partial charge >= 0.3 is 0 Å². The number of ether oxygens (including phenoxy) is 10. The molecule has 406 valence electrons. The first kappa shape index (κ1) is 53.8. The number of rotatable bonds is 24. The van der Waals surface area contributed by atoms with Crippen molar-refractivity contribution in [1.29, 1.82) is 0 Å². The molecule has 10 nitrogen and oxygen atoms in total. The van der Waals surface area contributed by atoms with E-state index >= 15 is 0 Å². The van der Waals surface area contributed by atoms with Crippen molar-refractivity contribution in [2.24, 2.45) is 0 Å². The summed E-state index contributed by atoms with van der Waals surface area (Å²) < 4.78 is 69.4. The quantitative estimate of drug-likeness (QED) is 0.0582. The van der Waals surface area contributed by atoms with Crippen molar-refractivity contribution in [3.63, 3.8) is 0 Å². The third-order valence-corrected chi connectivity index (χ3v) is 14.3. The molecule has 2 aliphatic heterocycles. The van der Waals surface area contributed by atoms with Crippen LogP contribution in [0.1, 0.15) is 63.1 Å². The normalized spacial score (nSPS) is 19.5. The predicted molar refractivity (Wildman–Crippen MR) is 307 cm³/mol. The Hall–Kier alpha value is -8.22. The first-order valence-electron chi connectivity index (χ1n) is 27.5. The summed E-state index contributed by atoms with van der Waals surface area (Å²) in [6, 6.07) is 80.8. The molecule has 10 heteroatoms. The van der Waals surface area contributed by atoms with E-state index < -0.39 is 42.9 Å². The minimum atomic E-state index is -0.961. The van der Waals surface area contributed by atoms with Crippen LogP contribution in [-0.4, -0.2) is 36.8 Å². The summed E-state index contributed by atoms with van der Waals surface area (Å²) in [4.78, 5) is 0. The highest BCUT2D eigenvalue weighted by Crippen LogP contribution is 2.47. The van der Waals surface area contributed by atoms with Gasteiger partial charge in [0, 0.05) is 18.1 Å². The number of hydrogen-bond donors (Lipinski definition) is 0. The van der Waals surface area contributed by atoms with Gasteiger partial charge < -0.3 is 47.4 Å². The maximum Gasteiger partial charge on any atom is 0.187 e. The Morgan fingerprint density at radius 3 is 1.25 bits per heavy atom. The Morgan fingerprint density at radius 2 is 0.775 bits per heavy atom. The summed E-state index contributed by atoms with van der Waals surface area (Å²) in [6.45, 7) is 4.27. The zero-order chi connectivity index (χ0) is 54.1. The van der Waals surface area contributed by atoms with Crippen LogP contribution in [0.4, 0.5) is 0 Å². The van der Waals surface area contributed by atoms with Crippen LogP contribution in [0.15, 0.2) is 243 Å². The zero-order valence-electron chi connectivity index (χ0n) is 44.9. The van der Waals surface area contributed by atoms with E-state index in [4.69, 9.17) is 47.4 Å². The van der Waals surface area contributed by atoms with Gasteiger partial charge in [-0.05, 0) is 69.6 Å². The van der Waals surface area contributed by atoms with Crippen LogP contribution in [0.5, 0.6) is 28.7 Å². The lowest BCUT2D eigenvalue weighted by Crippen LogP contribution is -2.61. The average Bonchev–Trinajstić information content (AvgIpc) is 3.52. The van der Waals surface area contributed by atoms with E-state index in [9.17, 15) is 0 Å². The molecule has 1 fully saturated rings. The number of hydrogen-bond acceptors (Lipinski definition) is 10. The molecule has 2 heterocycles. The van der Waals surface area contributed by atoms with Crippen molar-refractivity contribution in [3.05, 3.63) is 293 Å². The average molecular weight is 1070 g/mol. The first-order chi connectivity index (χ1) is 39.5. The second kappa shape index (κ2) is 27.1. The smallest absolute Gasteiger partial charge is 0.187 e. The highest BCUT2D eigenvalue weighted by molar-refractivity contribution is 5.55. The van der Waals surface area contributed by atoms with E-state index in [-0.39, 0.29) is 6.61 Å². The molecule has 80 heavy (non-hydrogen) atoms. The summed E-state index contributed by atoms with van der Waals surface area (Å²) in [6.07, 6.45) is -4.44. The maximum atomic E-state index is 7.50. The van der Waals surface area contributed by atoms with Crippen molar-refractivity contribution in [2.75, 3.05) is 0 Å². The van der Waals surface area contributed by atoms with E-state index in [0.717, 1.165) is 50.1 Å². The molecule has 9 aromatic rings. The molecule has 2 aliphatic rings. The fraction of sp³-hybridized carbons (Fsp3) is 0.229. The van der Waals surface area contributed by atoms with Crippen LogP contribution >= 0.6 is 0 Å². The highest BCUT2D eigenvalue weighted by atomic mass is 16.7. The van der Waals surface area contributed by atoms with Gasteiger partial charge in [-0.15, -0.1) is 0 Å². The summed E-state index contributed by atoms with van der Waals surface area (Å²) in [5.74, 6) is 2.91. The van der Waals surface area contributed by atoms with E-state index in [1.807, 2.05) is 225 Å². The third kappa shape index (κ3) is 14.3. The molecule has 0 spiro atoms. The van der Waals surface area contributed by atoms with Gasteiger partial charge in [0.25, 0.3) is 0 Å². The molecule has 0 aromatic heterocycles. The van der Waals surface area contributed by atoms with Crippen LogP contribution in [0, 0.1) is 0 Å². The van der Waals surface area contributed by atoms with Crippen molar-refractivity contribution >= 4 is 0 Å². The molecule has 0 bridgehead atoms. The Labute approximate surface area is 469 Å². The molecule has 0 unspecified atom stereocenters. The Bertz CT molecular complexity index is 3280. The van der Waals surface area contributed by atoms with Crippen LogP contribution < -0.4 is 23.7 Å². The molecule has 0 radical (unpaired) electrons. The summed E-state index contributed by atoms with van der Waals surface area (Å²) >= 11 is 0. The van der Waals surface area contributed by atoms with Gasteiger partial charge in [0.2, 0.25) is 0 Å². The molecule has 7 atom stereocenters. The van der Waals surface area contributed by atoms with Crippen molar-refractivity contribution in [2.45, 2.75) is 103 Å². The molecule has 9 aromatic carbocycles. The van der Waals surface area contributed by atoms with Gasteiger partial charge in [-0.2, -0.15) is 0 Å². The van der Waals surface area contributed by atoms with Gasteiger partial charge in [0.1, 0.15) is 56.6 Å². The van der Waals surface area contributed by atoms with Gasteiger partial charge in [-0.25, -0.2) is 0 Å². The molecular weight excluding hydrogens is 1000 g/mol. The largest absolute Gasteiger partial charge is 0.489 e. The fourth-order valence-electron chi connectivity index (χ4n) is 10.1. The molecule has 0 amide bonds. The van der Waals surface area contributed by atoms with Gasteiger partial charge in [0.05, 0.1) is 25.9 Å². The molecule has 11 rings (SSSR count). The standard InChI is InChI=1S/C70H66O10/c1-50-65(75-47-55-31-17-6-18-32-55)68(76-48-56-33-19-7-20-34-56)69(77-49-57-35-21-8-22-36-57)70(78-50)79-64-41-59-39-60(71-43-51-23-9-2-10-24-51)42-63(74-46-54-29-15-5-16-30-54)67(59)80-66(64)58-37-38-61(72-44-52-25-11-3-12-26-52)62(40-58)73-45-53-27-13-4-14-28-53/h2-40,42,50,64-66,68-70H,41,43-49H2,1H3/t50-,64-,65-,66+,68+,69+,70-/m0/s1. The van der Waals surface area contributed by atoms with Crippen LogP contribution in [-0.2, 0) is 76.4 Å².